The van der Waals surface area contributed by atoms with Gasteiger partial charge in [-0.1, -0.05) is 30.3 Å². The molecule has 0 radical (unpaired) electrons. The Morgan fingerprint density at radius 1 is 1.12 bits per heavy atom. The van der Waals surface area contributed by atoms with Crippen LogP contribution >= 0.6 is 0 Å². The zero-order valence-electron chi connectivity index (χ0n) is 13.8. The summed E-state index contributed by atoms with van der Waals surface area (Å²) in [7, 11) is 0. The summed E-state index contributed by atoms with van der Waals surface area (Å²) in [6.07, 6.45) is 3.22. The van der Waals surface area contributed by atoms with Gasteiger partial charge in [0.05, 0.1) is 12.7 Å². The van der Waals surface area contributed by atoms with E-state index in [1.807, 2.05) is 36.4 Å². The minimum absolute atomic E-state index is 0.144. The van der Waals surface area contributed by atoms with Crippen molar-refractivity contribution in [1.82, 2.24) is 4.98 Å². The second kappa shape index (κ2) is 7.49. The quantitative estimate of drug-likeness (QED) is 0.762. The molecule has 0 fully saturated rings. The van der Waals surface area contributed by atoms with Gasteiger partial charge in [0.2, 0.25) is 5.91 Å². The molecule has 1 heterocycles. The fourth-order valence-corrected chi connectivity index (χ4v) is 2.48. The van der Waals surface area contributed by atoms with Gasteiger partial charge in [-0.3, -0.25) is 9.78 Å². The number of ether oxygens (including phenoxy) is 1. The molecule has 5 nitrogen and oxygen atoms in total. The average Bonchev–Trinajstić information content (AvgIpc) is 2.61. The van der Waals surface area contributed by atoms with Gasteiger partial charge >= 0.3 is 0 Å². The zero-order chi connectivity index (χ0) is 17.6. The summed E-state index contributed by atoms with van der Waals surface area (Å²) < 4.78 is 5.92. The zero-order valence-corrected chi connectivity index (χ0v) is 13.8. The number of para-hydroxylation sites is 1. The van der Waals surface area contributed by atoms with Crippen LogP contribution in [0.15, 0.2) is 73.1 Å². The number of nitrogens with zero attached hydrogens (tertiary/aromatic N) is 2. The number of carbonyl (C=O) groups is 1. The number of phenolic OH excluding ortho intramolecular Hbond substituents is 1. The van der Waals surface area contributed by atoms with E-state index in [2.05, 4.69) is 4.98 Å². The molecule has 0 saturated carbocycles. The number of aromatic hydroxyl groups is 1. The fraction of sp³-hybridized carbons (Fsp3) is 0.100. The van der Waals surface area contributed by atoms with Crippen molar-refractivity contribution in [3.63, 3.8) is 0 Å². The maximum Gasteiger partial charge on any atom is 0.224 e. The summed E-state index contributed by atoms with van der Waals surface area (Å²) in [6, 6.07) is 17.9. The van der Waals surface area contributed by atoms with Crippen LogP contribution in [0, 0.1) is 0 Å². The molecule has 3 aromatic rings. The van der Waals surface area contributed by atoms with Crippen molar-refractivity contribution in [2.24, 2.45) is 0 Å². The van der Waals surface area contributed by atoms with Gasteiger partial charge in [-0.2, -0.15) is 0 Å². The van der Waals surface area contributed by atoms with Crippen molar-refractivity contribution in [3.05, 3.63) is 78.6 Å². The number of amides is 1. The fourth-order valence-electron chi connectivity index (χ4n) is 2.48. The van der Waals surface area contributed by atoms with E-state index in [-0.39, 0.29) is 11.7 Å². The van der Waals surface area contributed by atoms with Crippen LogP contribution in [0.25, 0.3) is 0 Å². The third-order valence-corrected chi connectivity index (χ3v) is 3.65. The normalized spacial score (nSPS) is 10.3. The highest BCUT2D eigenvalue weighted by Crippen LogP contribution is 2.32. The van der Waals surface area contributed by atoms with E-state index < -0.39 is 0 Å². The van der Waals surface area contributed by atoms with Crippen molar-refractivity contribution in [2.75, 3.05) is 4.90 Å². The molecule has 1 N–H and O–H groups in total. The van der Waals surface area contributed by atoms with Crippen LogP contribution in [0.1, 0.15) is 12.5 Å². The third kappa shape index (κ3) is 4.14. The van der Waals surface area contributed by atoms with E-state index in [1.54, 1.807) is 41.6 Å². The van der Waals surface area contributed by atoms with E-state index in [9.17, 15) is 9.90 Å². The molecule has 0 atom stereocenters. The van der Waals surface area contributed by atoms with Crippen molar-refractivity contribution in [1.29, 1.82) is 0 Å². The van der Waals surface area contributed by atoms with Crippen LogP contribution < -0.4 is 9.64 Å². The van der Waals surface area contributed by atoms with E-state index in [0.29, 0.717) is 23.7 Å². The first-order chi connectivity index (χ1) is 12.1. The lowest BCUT2D eigenvalue weighted by atomic mass is 10.2. The minimum atomic E-state index is -0.144. The minimum Gasteiger partial charge on any atom is -0.508 e. The molecule has 0 aliphatic heterocycles. The van der Waals surface area contributed by atoms with Crippen molar-refractivity contribution in [3.8, 4) is 17.2 Å². The Labute approximate surface area is 146 Å². The van der Waals surface area contributed by atoms with Crippen LogP contribution in [0.4, 0.5) is 5.69 Å². The van der Waals surface area contributed by atoms with E-state index in [1.165, 1.54) is 6.92 Å². The highest BCUT2D eigenvalue weighted by Gasteiger charge is 2.18. The Bertz CT molecular complexity index is 866. The Hall–Kier alpha value is -3.34. The predicted octanol–water partition coefficient (Wildman–Crippen LogP) is 4.13. The molecule has 3 rings (SSSR count). The maximum atomic E-state index is 12.2. The maximum absolute atomic E-state index is 12.2. The van der Waals surface area contributed by atoms with Gasteiger partial charge in [0.25, 0.3) is 0 Å². The van der Waals surface area contributed by atoms with Crippen LogP contribution in [0.3, 0.4) is 0 Å². The lowest BCUT2D eigenvalue weighted by Crippen LogP contribution is -2.28. The lowest BCUT2D eigenvalue weighted by molar-refractivity contribution is -0.116. The molecule has 1 aromatic heterocycles. The molecule has 0 spiro atoms. The molecule has 2 aromatic carbocycles. The van der Waals surface area contributed by atoms with Crippen molar-refractivity contribution in [2.45, 2.75) is 13.5 Å². The summed E-state index contributed by atoms with van der Waals surface area (Å²) >= 11 is 0. The van der Waals surface area contributed by atoms with E-state index in [4.69, 9.17) is 4.74 Å². The number of phenols is 1. The molecule has 0 aliphatic carbocycles. The highest BCUT2D eigenvalue weighted by atomic mass is 16.5. The van der Waals surface area contributed by atoms with Crippen LogP contribution in [-0.2, 0) is 11.3 Å². The second-order valence-electron chi connectivity index (χ2n) is 5.53. The Morgan fingerprint density at radius 2 is 1.92 bits per heavy atom. The topological polar surface area (TPSA) is 62.7 Å². The van der Waals surface area contributed by atoms with Crippen LogP contribution in [0.5, 0.6) is 17.2 Å². The van der Waals surface area contributed by atoms with E-state index in [0.717, 1.165) is 5.56 Å². The molecular formula is C20H18N2O3. The number of hydrogen-bond donors (Lipinski definition) is 1. The standard InChI is InChI=1S/C20H18N2O3/c1-15(23)22(14-16-6-5-7-17(24)12-16)19-13-21-11-10-20(19)25-18-8-3-2-4-9-18/h2-13,24H,14H2,1H3. The van der Waals surface area contributed by atoms with Gasteiger partial charge < -0.3 is 14.7 Å². The summed E-state index contributed by atoms with van der Waals surface area (Å²) in [6.45, 7) is 1.79. The first-order valence-corrected chi connectivity index (χ1v) is 7.86. The summed E-state index contributed by atoms with van der Waals surface area (Å²) in [4.78, 5) is 17.9. The monoisotopic (exact) mass is 334 g/mol. The van der Waals surface area contributed by atoms with Crippen molar-refractivity contribution >= 4 is 11.6 Å². The first kappa shape index (κ1) is 16.5. The smallest absolute Gasteiger partial charge is 0.224 e. The Balaban J connectivity index is 1.93. The summed E-state index contributed by atoms with van der Waals surface area (Å²) in [5.74, 6) is 1.23. The average molecular weight is 334 g/mol. The molecule has 0 aliphatic rings. The van der Waals surface area contributed by atoms with Gasteiger partial charge in [-0.05, 0) is 29.8 Å². The second-order valence-corrected chi connectivity index (χ2v) is 5.53. The molecule has 5 heteroatoms. The molecule has 0 bridgehead atoms. The van der Waals surface area contributed by atoms with Gasteiger partial charge in [0.15, 0.2) is 5.75 Å². The SMILES string of the molecule is CC(=O)N(Cc1cccc(O)c1)c1cnccc1Oc1ccccc1. The highest BCUT2D eigenvalue weighted by molar-refractivity contribution is 5.92. The molecule has 1 amide bonds. The lowest BCUT2D eigenvalue weighted by Gasteiger charge is -2.23. The van der Waals surface area contributed by atoms with Crippen LogP contribution in [-0.4, -0.2) is 16.0 Å². The number of pyridine rings is 1. The number of hydrogen-bond acceptors (Lipinski definition) is 4. The largest absolute Gasteiger partial charge is 0.508 e. The number of benzene rings is 2. The number of rotatable bonds is 5. The predicted molar refractivity (Wildman–Crippen MR) is 95.7 cm³/mol. The van der Waals surface area contributed by atoms with Crippen LogP contribution in [0.2, 0.25) is 0 Å². The summed E-state index contributed by atoms with van der Waals surface area (Å²) in [5, 5.41) is 9.64. The van der Waals surface area contributed by atoms with Gasteiger partial charge in [-0.15, -0.1) is 0 Å². The molecule has 25 heavy (non-hydrogen) atoms. The van der Waals surface area contributed by atoms with E-state index >= 15 is 0 Å². The molecule has 126 valence electrons. The number of carbonyl (C=O) groups excluding carboxylic acids is 1. The molecule has 0 unspecified atom stereocenters. The van der Waals surface area contributed by atoms with Gasteiger partial charge in [0, 0.05) is 19.2 Å². The van der Waals surface area contributed by atoms with Gasteiger partial charge in [-0.25, -0.2) is 0 Å². The number of aromatic nitrogens is 1. The number of anilines is 1. The molecular weight excluding hydrogens is 316 g/mol. The Morgan fingerprint density at radius 3 is 2.64 bits per heavy atom. The summed E-state index contributed by atoms with van der Waals surface area (Å²) in [5.41, 5.74) is 1.38. The Kier molecular flexibility index (Phi) is 4.95. The first-order valence-electron chi connectivity index (χ1n) is 7.86. The molecule has 0 saturated heterocycles. The van der Waals surface area contributed by atoms with Gasteiger partial charge in [0.1, 0.15) is 17.2 Å². The van der Waals surface area contributed by atoms with Crippen molar-refractivity contribution < 1.29 is 14.6 Å². The third-order valence-electron chi connectivity index (χ3n) is 3.65.